The van der Waals surface area contributed by atoms with E-state index in [1.54, 1.807) is 13.3 Å². The average Bonchev–Trinajstić information content (AvgIpc) is 2.37. The van der Waals surface area contributed by atoms with Crippen molar-refractivity contribution < 1.29 is 9.47 Å². The first kappa shape index (κ1) is 15.7. The molecular formula is C15H24N2O2. The van der Waals surface area contributed by atoms with Crippen molar-refractivity contribution in [2.45, 2.75) is 26.4 Å². The number of pyridine rings is 1. The molecule has 0 aliphatic heterocycles. The first-order valence-electron chi connectivity index (χ1n) is 6.70. The first-order chi connectivity index (χ1) is 9.22. The number of aromatic nitrogens is 1. The van der Waals surface area contributed by atoms with Crippen molar-refractivity contribution in [3.63, 3.8) is 0 Å². The molecule has 1 aromatic heterocycles. The van der Waals surface area contributed by atoms with Crippen LogP contribution in [0.15, 0.2) is 24.5 Å². The molecule has 0 aliphatic rings. The predicted molar refractivity (Wildman–Crippen MR) is 78.4 cm³/mol. The third kappa shape index (κ3) is 7.59. The van der Waals surface area contributed by atoms with E-state index in [0.717, 1.165) is 37.4 Å². The van der Waals surface area contributed by atoms with Crippen LogP contribution in [0.4, 0.5) is 0 Å². The van der Waals surface area contributed by atoms with Crippen molar-refractivity contribution in [2.24, 2.45) is 0 Å². The SMILES string of the molecule is COCCNCC/C=C/c1cncc(OC(C)C)c1. The van der Waals surface area contributed by atoms with Gasteiger partial charge in [-0.3, -0.25) is 4.98 Å². The molecule has 0 aliphatic carbocycles. The lowest BCUT2D eigenvalue weighted by Gasteiger charge is -2.09. The Morgan fingerprint density at radius 1 is 1.32 bits per heavy atom. The molecule has 4 heteroatoms. The van der Waals surface area contributed by atoms with E-state index in [1.165, 1.54) is 0 Å². The molecule has 0 amide bonds. The number of ether oxygens (including phenoxy) is 2. The lowest BCUT2D eigenvalue weighted by atomic mass is 10.2. The summed E-state index contributed by atoms with van der Waals surface area (Å²) in [6.07, 6.45) is 8.93. The summed E-state index contributed by atoms with van der Waals surface area (Å²) in [5, 5.41) is 3.29. The Morgan fingerprint density at radius 3 is 2.89 bits per heavy atom. The zero-order valence-corrected chi connectivity index (χ0v) is 12.1. The number of hydrogen-bond donors (Lipinski definition) is 1. The van der Waals surface area contributed by atoms with Crippen LogP contribution in [-0.2, 0) is 4.74 Å². The molecule has 4 nitrogen and oxygen atoms in total. The zero-order chi connectivity index (χ0) is 13.9. The molecule has 1 rings (SSSR count). The van der Waals surface area contributed by atoms with Crippen LogP contribution in [0.1, 0.15) is 25.8 Å². The summed E-state index contributed by atoms with van der Waals surface area (Å²) in [7, 11) is 1.71. The van der Waals surface area contributed by atoms with Gasteiger partial charge in [-0.25, -0.2) is 0 Å². The first-order valence-corrected chi connectivity index (χ1v) is 6.70. The molecule has 0 bridgehead atoms. The van der Waals surface area contributed by atoms with Crippen LogP contribution in [0.3, 0.4) is 0 Å². The second-order valence-corrected chi connectivity index (χ2v) is 4.55. The summed E-state index contributed by atoms with van der Waals surface area (Å²) < 4.78 is 10.6. The fraction of sp³-hybridized carbons (Fsp3) is 0.533. The van der Waals surface area contributed by atoms with Gasteiger partial charge in [0.2, 0.25) is 0 Å². The van der Waals surface area contributed by atoms with Gasteiger partial charge in [-0.15, -0.1) is 0 Å². The zero-order valence-electron chi connectivity index (χ0n) is 12.1. The normalized spacial score (nSPS) is 11.4. The van der Waals surface area contributed by atoms with Gasteiger partial charge in [0.05, 0.1) is 18.9 Å². The maximum absolute atomic E-state index is 5.60. The molecule has 0 spiro atoms. The molecule has 0 unspecified atom stereocenters. The highest BCUT2D eigenvalue weighted by Gasteiger charge is 1.98. The maximum atomic E-state index is 5.60. The van der Waals surface area contributed by atoms with E-state index >= 15 is 0 Å². The highest BCUT2D eigenvalue weighted by atomic mass is 16.5. The lowest BCUT2D eigenvalue weighted by molar-refractivity contribution is 0.199. The second kappa shape index (κ2) is 9.53. The molecule has 1 aromatic rings. The molecule has 106 valence electrons. The van der Waals surface area contributed by atoms with Crippen molar-refractivity contribution in [3.05, 3.63) is 30.1 Å². The number of nitrogens with zero attached hydrogens (tertiary/aromatic N) is 1. The van der Waals surface area contributed by atoms with Crippen molar-refractivity contribution in [3.8, 4) is 5.75 Å². The van der Waals surface area contributed by atoms with E-state index in [0.29, 0.717) is 0 Å². The minimum absolute atomic E-state index is 0.172. The van der Waals surface area contributed by atoms with Gasteiger partial charge in [0.25, 0.3) is 0 Å². The van der Waals surface area contributed by atoms with Crippen LogP contribution in [-0.4, -0.2) is 37.9 Å². The van der Waals surface area contributed by atoms with E-state index in [-0.39, 0.29) is 6.10 Å². The van der Waals surface area contributed by atoms with E-state index in [2.05, 4.69) is 22.5 Å². The van der Waals surface area contributed by atoms with Gasteiger partial charge in [0, 0.05) is 19.9 Å². The minimum Gasteiger partial charge on any atom is -0.489 e. The smallest absolute Gasteiger partial charge is 0.138 e. The molecule has 0 radical (unpaired) electrons. The van der Waals surface area contributed by atoms with E-state index in [4.69, 9.17) is 9.47 Å². The summed E-state index contributed by atoms with van der Waals surface area (Å²) >= 11 is 0. The Hall–Kier alpha value is -1.39. The van der Waals surface area contributed by atoms with Crippen molar-refractivity contribution in [1.29, 1.82) is 0 Å². The number of methoxy groups -OCH3 is 1. The molecule has 0 fully saturated rings. The fourth-order valence-electron chi connectivity index (χ4n) is 1.57. The maximum Gasteiger partial charge on any atom is 0.138 e. The summed E-state index contributed by atoms with van der Waals surface area (Å²) in [6.45, 7) is 6.61. The van der Waals surface area contributed by atoms with Gasteiger partial charge in [-0.2, -0.15) is 0 Å². The van der Waals surface area contributed by atoms with Gasteiger partial charge >= 0.3 is 0 Å². The Bertz CT molecular complexity index is 378. The van der Waals surface area contributed by atoms with Gasteiger partial charge < -0.3 is 14.8 Å². The highest BCUT2D eigenvalue weighted by molar-refractivity contribution is 5.49. The van der Waals surface area contributed by atoms with Crippen molar-refractivity contribution in [2.75, 3.05) is 26.8 Å². The summed E-state index contributed by atoms with van der Waals surface area (Å²) in [5.41, 5.74) is 1.06. The third-order valence-electron chi connectivity index (χ3n) is 2.39. The number of nitrogens with one attached hydrogen (secondary N) is 1. The summed E-state index contributed by atoms with van der Waals surface area (Å²) in [5.74, 6) is 0.815. The Labute approximate surface area is 115 Å². The van der Waals surface area contributed by atoms with E-state index in [9.17, 15) is 0 Å². The van der Waals surface area contributed by atoms with Gasteiger partial charge in [-0.1, -0.05) is 12.2 Å². The van der Waals surface area contributed by atoms with Crippen molar-refractivity contribution in [1.82, 2.24) is 10.3 Å². The fourth-order valence-corrected chi connectivity index (χ4v) is 1.57. The van der Waals surface area contributed by atoms with E-state index in [1.807, 2.05) is 26.1 Å². The highest BCUT2D eigenvalue weighted by Crippen LogP contribution is 2.14. The molecular weight excluding hydrogens is 240 g/mol. The standard InChI is InChI=1S/C15H24N2O2/c1-13(2)19-15-10-14(11-17-12-15)6-4-5-7-16-8-9-18-3/h4,6,10-13,16H,5,7-9H2,1-3H3/b6-4+. The summed E-state index contributed by atoms with van der Waals surface area (Å²) in [4.78, 5) is 4.17. The van der Waals surface area contributed by atoms with Crippen LogP contribution in [0.25, 0.3) is 6.08 Å². The largest absolute Gasteiger partial charge is 0.489 e. The number of rotatable bonds is 9. The van der Waals surface area contributed by atoms with Gasteiger partial charge in [0.15, 0.2) is 0 Å². The molecule has 0 saturated heterocycles. The van der Waals surface area contributed by atoms with Gasteiger partial charge in [-0.05, 0) is 38.4 Å². The second-order valence-electron chi connectivity index (χ2n) is 4.55. The molecule has 0 saturated carbocycles. The van der Waals surface area contributed by atoms with Crippen LogP contribution in [0.2, 0.25) is 0 Å². The van der Waals surface area contributed by atoms with Crippen molar-refractivity contribution >= 4 is 6.08 Å². The molecule has 0 atom stereocenters. The Kier molecular flexibility index (Phi) is 7.86. The van der Waals surface area contributed by atoms with Crippen LogP contribution < -0.4 is 10.1 Å². The monoisotopic (exact) mass is 264 g/mol. The minimum atomic E-state index is 0.172. The lowest BCUT2D eigenvalue weighted by Crippen LogP contribution is -2.19. The number of hydrogen-bond acceptors (Lipinski definition) is 4. The molecule has 19 heavy (non-hydrogen) atoms. The Balaban J connectivity index is 2.31. The molecule has 0 aromatic carbocycles. The topological polar surface area (TPSA) is 43.4 Å². The van der Waals surface area contributed by atoms with Crippen LogP contribution in [0, 0.1) is 0 Å². The summed E-state index contributed by atoms with van der Waals surface area (Å²) in [6, 6.07) is 2.00. The van der Waals surface area contributed by atoms with Crippen LogP contribution in [0.5, 0.6) is 5.75 Å². The van der Waals surface area contributed by atoms with Crippen LogP contribution >= 0.6 is 0 Å². The Morgan fingerprint density at radius 2 is 2.16 bits per heavy atom. The molecule has 1 N–H and O–H groups in total. The predicted octanol–water partition coefficient (Wildman–Crippen LogP) is 2.51. The molecule has 1 heterocycles. The van der Waals surface area contributed by atoms with Gasteiger partial charge in [0.1, 0.15) is 5.75 Å². The van der Waals surface area contributed by atoms with E-state index < -0.39 is 0 Å². The quantitative estimate of drug-likeness (QED) is 0.696. The average molecular weight is 264 g/mol. The third-order valence-corrected chi connectivity index (χ3v) is 2.39.